The van der Waals surface area contributed by atoms with Gasteiger partial charge in [0.05, 0.1) is 30.4 Å². The van der Waals surface area contributed by atoms with E-state index in [9.17, 15) is 13.2 Å². The number of furan rings is 1. The SMILES string of the molecule is CC[C@@H](C)N(CC(=O)N(Cc1ccco1)C[C@@H]1CCCO1)S(=O)(=O)c1ccccc1. The van der Waals surface area contributed by atoms with Crippen LogP contribution >= 0.6 is 0 Å². The zero-order valence-electron chi connectivity index (χ0n) is 17.6. The Bertz CT molecular complexity index is 893. The van der Waals surface area contributed by atoms with Crippen molar-refractivity contribution in [1.29, 1.82) is 0 Å². The summed E-state index contributed by atoms with van der Waals surface area (Å²) in [5.41, 5.74) is 0. The maximum Gasteiger partial charge on any atom is 0.243 e. The minimum atomic E-state index is -3.80. The number of carbonyl (C=O) groups is 1. The summed E-state index contributed by atoms with van der Waals surface area (Å²) < 4.78 is 39.0. The third kappa shape index (κ3) is 5.50. The number of rotatable bonds is 10. The van der Waals surface area contributed by atoms with E-state index in [1.165, 1.54) is 4.31 Å². The number of nitrogens with zero attached hydrogens (tertiary/aromatic N) is 2. The van der Waals surface area contributed by atoms with Crippen molar-refractivity contribution in [2.24, 2.45) is 0 Å². The number of hydrogen-bond donors (Lipinski definition) is 0. The van der Waals surface area contributed by atoms with Crippen molar-refractivity contribution in [2.75, 3.05) is 19.7 Å². The maximum absolute atomic E-state index is 13.3. The molecule has 164 valence electrons. The van der Waals surface area contributed by atoms with E-state index in [0.717, 1.165) is 12.8 Å². The molecule has 1 aliphatic heterocycles. The Morgan fingerprint density at radius 3 is 2.57 bits per heavy atom. The number of amides is 1. The van der Waals surface area contributed by atoms with Crippen molar-refractivity contribution in [1.82, 2.24) is 9.21 Å². The van der Waals surface area contributed by atoms with E-state index in [1.807, 2.05) is 19.9 Å². The molecule has 0 saturated carbocycles. The lowest BCUT2D eigenvalue weighted by molar-refractivity contribution is -0.134. The molecule has 3 rings (SSSR count). The highest BCUT2D eigenvalue weighted by Crippen LogP contribution is 2.21. The molecular formula is C22H30N2O5S. The van der Waals surface area contributed by atoms with Gasteiger partial charge in [0.15, 0.2) is 0 Å². The lowest BCUT2D eigenvalue weighted by Crippen LogP contribution is -2.47. The van der Waals surface area contributed by atoms with Crippen molar-refractivity contribution in [3.63, 3.8) is 0 Å². The van der Waals surface area contributed by atoms with Gasteiger partial charge in [0.2, 0.25) is 15.9 Å². The van der Waals surface area contributed by atoms with Gasteiger partial charge in [0.25, 0.3) is 0 Å². The van der Waals surface area contributed by atoms with E-state index in [2.05, 4.69) is 0 Å². The van der Waals surface area contributed by atoms with Crippen LogP contribution in [-0.4, -0.2) is 55.4 Å². The van der Waals surface area contributed by atoms with E-state index in [1.54, 1.807) is 47.6 Å². The summed E-state index contributed by atoms with van der Waals surface area (Å²) in [4.78, 5) is 15.1. The van der Waals surface area contributed by atoms with E-state index < -0.39 is 10.0 Å². The zero-order chi connectivity index (χ0) is 21.6. The van der Waals surface area contributed by atoms with E-state index in [-0.39, 0.29) is 36.0 Å². The summed E-state index contributed by atoms with van der Waals surface area (Å²) in [5, 5.41) is 0. The monoisotopic (exact) mass is 434 g/mol. The Balaban J connectivity index is 1.82. The van der Waals surface area contributed by atoms with Gasteiger partial charge in [0.1, 0.15) is 5.76 Å². The first kappa shape index (κ1) is 22.5. The molecule has 30 heavy (non-hydrogen) atoms. The van der Waals surface area contributed by atoms with E-state index in [4.69, 9.17) is 9.15 Å². The van der Waals surface area contributed by atoms with E-state index in [0.29, 0.717) is 25.3 Å². The van der Waals surface area contributed by atoms with E-state index >= 15 is 0 Å². The average Bonchev–Trinajstić information content (AvgIpc) is 3.45. The molecular weight excluding hydrogens is 404 g/mol. The highest BCUT2D eigenvalue weighted by molar-refractivity contribution is 7.89. The van der Waals surface area contributed by atoms with Crippen LogP contribution in [0.3, 0.4) is 0 Å². The van der Waals surface area contributed by atoms with Crippen LogP contribution in [0.4, 0.5) is 0 Å². The maximum atomic E-state index is 13.3. The third-order valence-electron chi connectivity index (χ3n) is 5.45. The molecule has 1 aliphatic rings. The molecule has 0 unspecified atom stereocenters. The molecule has 1 aromatic heterocycles. The van der Waals surface area contributed by atoms with Crippen LogP contribution in [0.25, 0.3) is 0 Å². The normalized spacial score (nSPS) is 17.9. The largest absolute Gasteiger partial charge is 0.467 e. The molecule has 2 aromatic rings. The second-order valence-corrected chi connectivity index (χ2v) is 9.50. The molecule has 0 spiro atoms. The van der Waals surface area contributed by atoms with Gasteiger partial charge in [-0.1, -0.05) is 25.1 Å². The number of carbonyl (C=O) groups excluding carboxylic acids is 1. The quantitative estimate of drug-likeness (QED) is 0.573. The van der Waals surface area contributed by atoms with Gasteiger partial charge < -0.3 is 14.1 Å². The highest BCUT2D eigenvalue weighted by Gasteiger charge is 2.32. The summed E-state index contributed by atoms with van der Waals surface area (Å²) in [5.74, 6) is 0.393. The lowest BCUT2D eigenvalue weighted by Gasteiger charge is -2.31. The molecule has 2 heterocycles. The fraction of sp³-hybridized carbons (Fsp3) is 0.500. The molecule has 0 N–H and O–H groups in total. The lowest BCUT2D eigenvalue weighted by atomic mass is 10.2. The topological polar surface area (TPSA) is 80.1 Å². The molecule has 1 amide bonds. The molecule has 0 radical (unpaired) electrons. The number of benzene rings is 1. The van der Waals surface area contributed by atoms with Gasteiger partial charge in [-0.05, 0) is 50.5 Å². The van der Waals surface area contributed by atoms with Crippen molar-refractivity contribution in [3.8, 4) is 0 Å². The van der Waals surface area contributed by atoms with Crippen LogP contribution in [-0.2, 0) is 26.1 Å². The van der Waals surface area contributed by atoms with Crippen molar-refractivity contribution in [2.45, 2.75) is 56.7 Å². The minimum absolute atomic E-state index is 0.0355. The van der Waals surface area contributed by atoms with Gasteiger partial charge >= 0.3 is 0 Å². The Morgan fingerprint density at radius 2 is 1.97 bits per heavy atom. The highest BCUT2D eigenvalue weighted by atomic mass is 32.2. The average molecular weight is 435 g/mol. The second-order valence-electron chi connectivity index (χ2n) is 7.61. The number of sulfonamides is 1. The van der Waals surface area contributed by atoms with Crippen LogP contribution in [0.1, 0.15) is 38.9 Å². The molecule has 8 heteroatoms. The smallest absolute Gasteiger partial charge is 0.243 e. The first-order valence-electron chi connectivity index (χ1n) is 10.4. The van der Waals surface area contributed by atoms with Gasteiger partial charge in [-0.3, -0.25) is 4.79 Å². The molecule has 2 atom stereocenters. The third-order valence-corrected chi connectivity index (χ3v) is 7.43. The first-order chi connectivity index (χ1) is 14.4. The van der Waals surface area contributed by atoms with Crippen LogP contribution in [0.2, 0.25) is 0 Å². The van der Waals surface area contributed by atoms with Gasteiger partial charge in [-0.25, -0.2) is 8.42 Å². The summed E-state index contributed by atoms with van der Waals surface area (Å²) >= 11 is 0. The van der Waals surface area contributed by atoms with Gasteiger partial charge in [0, 0.05) is 19.2 Å². The summed E-state index contributed by atoms with van der Waals surface area (Å²) in [6.45, 7) is 4.90. The summed E-state index contributed by atoms with van der Waals surface area (Å²) in [6, 6.07) is 11.5. The Labute approximate surface area is 178 Å². The van der Waals surface area contributed by atoms with Crippen LogP contribution in [0.15, 0.2) is 58.0 Å². The van der Waals surface area contributed by atoms with Crippen LogP contribution in [0, 0.1) is 0 Å². The number of ether oxygens (including phenoxy) is 1. The standard InChI is InChI=1S/C22H30N2O5S/c1-3-18(2)24(30(26,27)21-11-5-4-6-12-21)17-22(25)23(15-19-9-7-13-28-19)16-20-10-8-14-29-20/h4-7,9,11-13,18,20H,3,8,10,14-17H2,1-2H3/t18-,20+/m1/s1. The summed E-state index contributed by atoms with van der Waals surface area (Å²) in [6.07, 6.45) is 3.99. The van der Waals surface area contributed by atoms with Crippen molar-refractivity contribution in [3.05, 3.63) is 54.5 Å². The molecule has 1 saturated heterocycles. The summed E-state index contributed by atoms with van der Waals surface area (Å²) in [7, 11) is -3.80. The zero-order valence-corrected chi connectivity index (χ0v) is 18.4. The molecule has 7 nitrogen and oxygen atoms in total. The van der Waals surface area contributed by atoms with Crippen molar-refractivity contribution >= 4 is 15.9 Å². The first-order valence-corrected chi connectivity index (χ1v) is 11.8. The van der Waals surface area contributed by atoms with Gasteiger partial charge in [-0.15, -0.1) is 0 Å². The van der Waals surface area contributed by atoms with Crippen LogP contribution in [0.5, 0.6) is 0 Å². The van der Waals surface area contributed by atoms with Crippen LogP contribution < -0.4 is 0 Å². The fourth-order valence-corrected chi connectivity index (χ4v) is 5.20. The van der Waals surface area contributed by atoms with Crippen molar-refractivity contribution < 1.29 is 22.4 Å². The van der Waals surface area contributed by atoms with Gasteiger partial charge in [-0.2, -0.15) is 4.31 Å². The molecule has 1 aromatic carbocycles. The Kier molecular flexibility index (Phi) is 7.69. The predicted molar refractivity (Wildman–Crippen MR) is 113 cm³/mol. The second kappa shape index (κ2) is 10.2. The fourth-order valence-electron chi connectivity index (χ4n) is 3.52. The molecule has 1 fully saturated rings. The molecule has 0 aliphatic carbocycles. The minimum Gasteiger partial charge on any atom is -0.467 e. The molecule has 0 bridgehead atoms. The predicted octanol–water partition coefficient (Wildman–Crippen LogP) is 3.28. The Hall–Kier alpha value is -2.16. The number of hydrogen-bond acceptors (Lipinski definition) is 5. The Morgan fingerprint density at radius 1 is 1.20 bits per heavy atom.